The first-order valence-electron chi connectivity index (χ1n) is 8.91. The number of halogens is 1. The SMILES string of the molecule is C=C(Nc1ccc(C)cc1)c1cc(Cl)c(CC)c(CC2CCC2)c1. The molecule has 1 aliphatic carbocycles. The number of rotatable bonds is 6. The Hall–Kier alpha value is -1.73. The number of benzene rings is 2. The van der Waals surface area contributed by atoms with Gasteiger partial charge >= 0.3 is 0 Å². The maximum Gasteiger partial charge on any atom is 0.0447 e. The summed E-state index contributed by atoms with van der Waals surface area (Å²) < 4.78 is 0. The van der Waals surface area contributed by atoms with Gasteiger partial charge in [0.1, 0.15) is 0 Å². The van der Waals surface area contributed by atoms with Crippen LogP contribution in [0.15, 0.2) is 43.0 Å². The number of nitrogens with one attached hydrogen (secondary N) is 1. The molecule has 2 heteroatoms. The molecule has 0 radical (unpaired) electrons. The van der Waals surface area contributed by atoms with Crippen LogP contribution in [0, 0.1) is 12.8 Å². The fourth-order valence-electron chi connectivity index (χ4n) is 3.34. The molecule has 1 nitrogen and oxygen atoms in total. The van der Waals surface area contributed by atoms with E-state index in [1.54, 1.807) is 0 Å². The van der Waals surface area contributed by atoms with Crippen molar-refractivity contribution in [1.29, 1.82) is 0 Å². The number of aryl methyl sites for hydroxylation is 1. The van der Waals surface area contributed by atoms with Gasteiger partial charge in [-0.2, -0.15) is 0 Å². The zero-order valence-corrected chi connectivity index (χ0v) is 15.4. The Labute approximate surface area is 150 Å². The molecule has 1 fully saturated rings. The molecule has 0 heterocycles. The average molecular weight is 340 g/mol. The third kappa shape index (κ3) is 3.84. The van der Waals surface area contributed by atoms with Gasteiger partial charge in [0.15, 0.2) is 0 Å². The Kier molecular flexibility index (Phi) is 5.30. The van der Waals surface area contributed by atoms with Crippen LogP contribution < -0.4 is 5.32 Å². The molecule has 0 aliphatic heterocycles. The molecule has 0 spiro atoms. The minimum Gasteiger partial charge on any atom is -0.356 e. The van der Waals surface area contributed by atoms with E-state index in [1.807, 2.05) is 6.07 Å². The quantitative estimate of drug-likeness (QED) is 0.622. The normalized spacial score (nSPS) is 14.3. The second-order valence-electron chi connectivity index (χ2n) is 6.92. The molecule has 0 aromatic heterocycles. The van der Waals surface area contributed by atoms with Crippen molar-refractivity contribution in [2.45, 2.75) is 46.0 Å². The molecule has 2 aromatic rings. The fourth-order valence-corrected chi connectivity index (χ4v) is 3.71. The molecule has 1 saturated carbocycles. The molecule has 0 bridgehead atoms. The van der Waals surface area contributed by atoms with Gasteiger partial charge < -0.3 is 5.32 Å². The number of hydrogen-bond donors (Lipinski definition) is 1. The second-order valence-corrected chi connectivity index (χ2v) is 7.33. The molecular formula is C22H26ClN. The molecule has 0 unspecified atom stereocenters. The lowest BCUT2D eigenvalue weighted by Gasteiger charge is -2.27. The lowest BCUT2D eigenvalue weighted by molar-refractivity contribution is 0.314. The maximum absolute atomic E-state index is 6.58. The van der Waals surface area contributed by atoms with Crippen LogP contribution in [-0.4, -0.2) is 0 Å². The highest BCUT2D eigenvalue weighted by molar-refractivity contribution is 6.31. The average Bonchev–Trinajstić information content (AvgIpc) is 2.52. The molecule has 1 aliphatic rings. The van der Waals surface area contributed by atoms with E-state index in [9.17, 15) is 0 Å². The number of hydrogen-bond acceptors (Lipinski definition) is 1. The predicted molar refractivity (Wildman–Crippen MR) is 106 cm³/mol. The summed E-state index contributed by atoms with van der Waals surface area (Å²) >= 11 is 6.58. The Balaban J connectivity index is 1.83. The minimum absolute atomic E-state index is 0.833. The minimum atomic E-state index is 0.833. The van der Waals surface area contributed by atoms with Crippen LogP contribution in [0.1, 0.15) is 48.4 Å². The first kappa shape index (κ1) is 17.1. The van der Waals surface area contributed by atoms with Crippen LogP contribution in [0.2, 0.25) is 5.02 Å². The summed E-state index contributed by atoms with van der Waals surface area (Å²) in [6.45, 7) is 8.50. The highest BCUT2D eigenvalue weighted by Crippen LogP contribution is 2.34. The van der Waals surface area contributed by atoms with Crippen LogP contribution in [0.5, 0.6) is 0 Å². The smallest absolute Gasteiger partial charge is 0.0447 e. The van der Waals surface area contributed by atoms with Gasteiger partial charge in [-0.1, -0.05) is 62.1 Å². The zero-order valence-electron chi connectivity index (χ0n) is 14.7. The monoisotopic (exact) mass is 339 g/mol. The summed E-state index contributed by atoms with van der Waals surface area (Å²) in [5, 5.41) is 4.28. The van der Waals surface area contributed by atoms with E-state index < -0.39 is 0 Å². The first-order valence-corrected chi connectivity index (χ1v) is 9.29. The Bertz CT molecular complexity index is 726. The van der Waals surface area contributed by atoms with E-state index >= 15 is 0 Å². The summed E-state index contributed by atoms with van der Waals surface area (Å²) in [6, 6.07) is 12.7. The van der Waals surface area contributed by atoms with Gasteiger partial charge in [0.2, 0.25) is 0 Å². The molecule has 2 aromatic carbocycles. The van der Waals surface area contributed by atoms with Crippen molar-refractivity contribution in [1.82, 2.24) is 0 Å². The molecule has 3 rings (SSSR count). The standard InChI is InChI=1S/C22H26ClN/c1-4-21-19(12-17-6-5-7-17)13-18(14-22(21)23)16(3)24-20-10-8-15(2)9-11-20/h8-11,13-14,17,24H,3-7,12H2,1-2H3. The summed E-state index contributed by atoms with van der Waals surface area (Å²) in [6.07, 6.45) is 6.22. The molecule has 0 saturated heterocycles. The van der Waals surface area contributed by atoms with Gasteiger partial charge in [-0.15, -0.1) is 0 Å². The van der Waals surface area contributed by atoms with Crippen LogP contribution in [0.3, 0.4) is 0 Å². The Morgan fingerprint density at radius 3 is 2.50 bits per heavy atom. The highest BCUT2D eigenvalue weighted by atomic mass is 35.5. The molecule has 24 heavy (non-hydrogen) atoms. The van der Waals surface area contributed by atoms with Gasteiger partial charge in [0.25, 0.3) is 0 Å². The first-order chi connectivity index (χ1) is 11.6. The van der Waals surface area contributed by atoms with E-state index in [1.165, 1.54) is 36.0 Å². The van der Waals surface area contributed by atoms with E-state index in [2.05, 4.69) is 56.1 Å². The van der Waals surface area contributed by atoms with E-state index in [0.717, 1.165) is 40.7 Å². The third-order valence-electron chi connectivity index (χ3n) is 5.07. The van der Waals surface area contributed by atoms with Crippen molar-refractivity contribution in [3.63, 3.8) is 0 Å². The van der Waals surface area contributed by atoms with Crippen molar-refractivity contribution in [3.05, 3.63) is 70.3 Å². The fraction of sp³-hybridized carbons (Fsp3) is 0.364. The zero-order chi connectivity index (χ0) is 17.1. The maximum atomic E-state index is 6.58. The van der Waals surface area contributed by atoms with Crippen LogP contribution in [0.25, 0.3) is 5.70 Å². The van der Waals surface area contributed by atoms with Gasteiger partial charge in [0.05, 0.1) is 0 Å². The summed E-state index contributed by atoms with van der Waals surface area (Å²) in [4.78, 5) is 0. The van der Waals surface area contributed by atoms with Gasteiger partial charge in [0, 0.05) is 16.4 Å². The van der Waals surface area contributed by atoms with Crippen LogP contribution in [-0.2, 0) is 12.8 Å². The van der Waals surface area contributed by atoms with Gasteiger partial charge in [-0.3, -0.25) is 0 Å². The molecule has 1 N–H and O–H groups in total. The van der Waals surface area contributed by atoms with Gasteiger partial charge in [-0.25, -0.2) is 0 Å². The lowest BCUT2D eigenvalue weighted by atomic mass is 9.79. The Morgan fingerprint density at radius 2 is 1.92 bits per heavy atom. The molecule has 0 atom stereocenters. The summed E-state index contributed by atoms with van der Waals surface area (Å²) in [7, 11) is 0. The van der Waals surface area contributed by atoms with E-state index in [-0.39, 0.29) is 0 Å². The largest absolute Gasteiger partial charge is 0.356 e. The van der Waals surface area contributed by atoms with Crippen molar-refractivity contribution >= 4 is 23.0 Å². The lowest BCUT2D eigenvalue weighted by Crippen LogP contribution is -2.15. The third-order valence-corrected chi connectivity index (χ3v) is 5.41. The van der Waals surface area contributed by atoms with Gasteiger partial charge in [-0.05, 0) is 66.6 Å². The molecular weight excluding hydrogens is 314 g/mol. The van der Waals surface area contributed by atoms with Crippen molar-refractivity contribution in [3.8, 4) is 0 Å². The highest BCUT2D eigenvalue weighted by Gasteiger charge is 2.20. The summed E-state index contributed by atoms with van der Waals surface area (Å²) in [5.41, 5.74) is 7.00. The second kappa shape index (κ2) is 7.44. The molecule has 126 valence electrons. The number of anilines is 1. The van der Waals surface area contributed by atoms with Crippen LogP contribution in [0.4, 0.5) is 5.69 Å². The predicted octanol–water partition coefficient (Wildman–Crippen LogP) is 6.64. The Morgan fingerprint density at radius 1 is 1.21 bits per heavy atom. The van der Waals surface area contributed by atoms with Crippen LogP contribution >= 0.6 is 11.6 Å². The van der Waals surface area contributed by atoms with E-state index in [0.29, 0.717) is 0 Å². The molecule has 0 amide bonds. The van der Waals surface area contributed by atoms with Crippen molar-refractivity contribution in [2.24, 2.45) is 5.92 Å². The topological polar surface area (TPSA) is 12.0 Å². The summed E-state index contributed by atoms with van der Waals surface area (Å²) in [5.74, 6) is 0.833. The van der Waals surface area contributed by atoms with E-state index in [4.69, 9.17) is 11.6 Å². The van der Waals surface area contributed by atoms with Crippen molar-refractivity contribution in [2.75, 3.05) is 5.32 Å². The van der Waals surface area contributed by atoms with Crippen molar-refractivity contribution < 1.29 is 0 Å².